The molecule has 0 amide bonds. The molecule has 0 aliphatic rings. The third-order valence-corrected chi connectivity index (χ3v) is 3.36. The standard InChI is InChI=1S/C14H22O2Si/c1-14(2,3)13(16-17(4)5)12-8-6-7-11(9-12)10-15/h6-10,13,17H,1-5H3. The molecule has 17 heavy (non-hydrogen) atoms. The Labute approximate surface area is 106 Å². The lowest BCUT2D eigenvalue weighted by Gasteiger charge is -2.33. The third kappa shape index (κ3) is 4.09. The molecule has 0 bridgehead atoms. The summed E-state index contributed by atoms with van der Waals surface area (Å²) in [6, 6.07) is 7.71. The van der Waals surface area contributed by atoms with Crippen molar-refractivity contribution in [1.82, 2.24) is 0 Å². The average Bonchev–Trinajstić information content (AvgIpc) is 2.24. The van der Waals surface area contributed by atoms with Gasteiger partial charge in [0.2, 0.25) is 0 Å². The van der Waals surface area contributed by atoms with Gasteiger partial charge in [-0.25, -0.2) is 0 Å². The van der Waals surface area contributed by atoms with Gasteiger partial charge in [-0.3, -0.25) is 4.79 Å². The van der Waals surface area contributed by atoms with Crippen LogP contribution in [0.25, 0.3) is 0 Å². The zero-order valence-electron chi connectivity index (χ0n) is 11.4. The van der Waals surface area contributed by atoms with Gasteiger partial charge in [-0.2, -0.15) is 0 Å². The van der Waals surface area contributed by atoms with Crippen molar-refractivity contribution in [3.63, 3.8) is 0 Å². The van der Waals surface area contributed by atoms with Crippen molar-refractivity contribution >= 4 is 15.3 Å². The van der Waals surface area contributed by atoms with Crippen molar-refractivity contribution in [2.24, 2.45) is 5.41 Å². The predicted octanol–water partition coefficient (Wildman–Crippen LogP) is 3.59. The third-order valence-electron chi connectivity index (χ3n) is 2.54. The van der Waals surface area contributed by atoms with E-state index in [1.54, 1.807) is 0 Å². The summed E-state index contributed by atoms with van der Waals surface area (Å²) >= 11 is 0. The second kappa shape index (κ2) is 5.60. The summed E-state index contributed by atoms with van der Waals surface area (Å²) < 4.78 is 6.12. The van der Waals surface area contributed by atoms with Gasteiger partial charge in [0, 0.05) is 5.56 Å². The zero-order valence-corrected chi connectivity index (χ0v) is 12.5. The van der Waals surface area contributed by atoms with Crippen LogP contribution in [-0.2, 0) is 4.43 Å². The summed E-state index contributed by atoms with van der Waals surface area (Å²) in [5.41, 5.74) is 1.85. The molecule has 0 heterocycles. The molecule has 0 aromatic heterocycles. The molecular weight excluding hydrogens is 228 g/mol. The second-order valence-electron chi connectivity index (χ2n) is 5.72. The number of hydrogen-bond acceptors (Lipinski definition) is 2. The number of hydrogen-bond donors (Lipinski definition) is 0. The highest BCUT2D eigenvalue weighted by molar-refractivity contribution is 6.48. The van der Waals surface area contributed by atoms with E-state index in [1.165, 1.54) is 0 Å². The van der Waals surface area contributed by atoms with E-state index in [0.717, 1.165) is 11.8 Å². The molecule has 1 atom stereocenters. The van der Waals surface area contributed by atoms with Gasteiger partial charge in [0.15, 0.2) is 9.04 Å². The fourth-order valence-electron chi connectivity index (χ4n) is 1.85. The maximum absolute atomic E-state index is 10.8. The summed E-state index contributed by atoms with van der Waals surface area (Å²) in [5, 5.41) is 0. The normalized spacial score (nSPS) is 13.8. The Morgan fingerprint density at radius 1 is 1.29 bits per heavy atom. The number of rotatable bonds is 4. The minimum atomic E-state index is -1.11. The van der Waals surface area contributed by atoms with Crippen molar-refractivity contribution in [3.05, 3.63) is 35.4 Å². The highest BCUT2D eigenvalue weighted by Gasteiger charge is 2.27. The molecular formula is C14H22O2Si. The first-order chi connectivity index (χ1) is 7.84. The van der Waals surface area contributed by atoms with E-state index in [1.807, 2.05) is 24.3 Å². The van der Waals surface area contributed by atoms with Gasteiger partial charge < -0.3 is 4.43 Å². The van der Waals surface area contributed by atoms with Gasteiger partial charge in [0.05, 0.1) is 6.10 Å². The van der Waals surface area contributed by atoms with Crippen LogP contribution in [0.2, 0.25) is 13.1 Å². The van der Waals surface area contributed by atoms with Crippen LogP contribution in [-0.4, -0.2) is 15.3 Å². The van der Waals surface area contributed by atoms with Gasteiger partial charge in [-0.1, -0.05) is 39.0 Å². The maximum atomic E-state index is 10.8. The van der Waals surface area contributed by atoms with Crippen LogP contribution in [0.15, 0.2) is 24.3 Å². The Bertz CT molecular complexity index is 380. The maximum Gasteiger partial charge on any atom is 0.171 e. The van der Waals surface area contributed by atoms with Gasteiger partial charge in [0.1, 0.15) is 6.29 Å². The Kier molecular flexibility index (Phi) is 4.66. The van der Waals surface area contributed by atoms with E-state index in [0.29, 0.717) is 5.56 Å². The molecule has 0 N–H and O–H groups in total. The fraction of sp³-hybridized carbons (Fsp3) is 0.500. The van der Waals surface area contributed by atoms with Gasteiger partial charge in [-0.15, -0.1) is 0 Å². The summed E-state index contributed by atoms with van der Waals surface area (Å²) in [6.45, 7) is 10.8. The SMILES string of the molecule is C[SiH](C)OC(c1cccc(C=O)c1)C(C)(C)C. The largest absolute Gasteiger partial charge is 0.413 e. The molecule has 0 aliphatic carbocycles. The Morgan fingerprint density at radius 3 is 2.41 bits per heavy atom. The summed E-state index contributed by atoms with van der Waals surface area (Å²) in [6.07, 6.45) is 0.949. The molecule has 3 heteroatoms. The highest BCUT2D eigenvalue weighted by Crippen LogP contribution is 2.36. The van der Waals surface area contributed by atoms with Crippen LogP contribution >= 0.6 is 0 Å². The smallest absolute Gasteiger partial charge is 0.171 e. The van der Waals surface area contributed by atoms with E-state index < -0.39 is 9.04 Å². The predicted molar refractivity (Wildman–Crippen MR) is 74.0 cm³/mol. The Balaban J connectivity index is 3.08. The monoisotopic (exact) mass is 250 g/mol. The van der Waals surface area contributed by atoms with Crippen LogP contribution in [0.1, 0.15) is 42.8 Å². The van der Waals surface area contributed by atoms with Crippen molar-refractivity contribution in [2.45, 2.75) is 40.0 Å². The fourth-order valence-corrected chi connectivity index (χ4v) is 2.96. The lowest BCUT2D eigenvalue weighted by atomic mass is 9.84. The Hall–Kier alpha value is -0.933. The second-order valence-corrected chi connectivity index (χ2v) is 8.09. The number of carbonyl (C=O) groups excluding carboxylic acids is 1. The topological polar surface area (TPSA) is 26.3 Å². The molecule has 0 fully saturated rings. The molecule has 0 radical (unpaired) electrons. The first-order valence-corrected chi connectivity index (χ1v) is 8.83. The molecule has 0 saturated heterocycles. The van der Waals surface area contributed by atoms with Crippen LogP contribution < -0.4 is 0 Å². The van der Waals surface area contributed by atoms with Crippen LogP contribution in [0, 0.1) is 5.41 Å². The first-order valence-electron chi connectivity index (χ1n) is 6.05. The van der Waals surface area contributed by atoms with E-state index in [4.69, 9.17) is 4.43 Å². The lowest BCUT2D eigenvalue weighted by Crippen LogP contribution is -2.26. The van der Waals surface area contributed by atoms with E-state index >= 15 is 0 Å². The van der Waals surface area contributed by atoms with Crippen molar-refractivity contribution in [3.8, 4) is 0 Å². The lowest BCUT2D eigenvalue weighted by molar-refractivity contribution is 0.0865. The van der Waals surface area contributed by atoms with Crippen molar-refractivity contribution in [1.29, 1.82) is 0 Å². The first kappa shape index (κ1) is 14.1. The zero-order chi connectivity index (χ0) is 13.1. The van der Waals surface area contributed by atoms with E-state index in [2.05, 4.69) is 33.9 Å². The molecule has 1 rings (SSSR count). The molecule has 2 nitrogen and oxygen atoms in total. The quantitative estimate of drug-likeness (QED) is 0.603. The summed E-state index contributed by atoms with van der Waals surface area (Å²) in [7, 11) is -1.11. The highest BCUT2D eigenvalue weighted by atomic mass is 28.3. The Morgan fingerprint density at radius 2 is 1.94 bits per heavy atom. The molecule has 1 aromatic carbocycles. The van der Waals surface area contributed by atoms with Gasteiger partial charge in [0.25, 0.3) is 0 Å². The van der Waals surface area contributed by atoms with Crippen LogP contribution in [0.4, 0.5) is 0 Å². The molecule has 0 aliphatic heterocycles. The van der Waals surface area contributed by atoms with Gasteiger partial charge in [-0.05, 0) is 30.1 Å². The van der Waals surface area contributed by atoms with Crippen molar-refractivity contribution < 1.29 is 9.22 Å². The minimum absolute atomic E-state index is 0.0405. The number of benzene rings is 1. The molecule has 1 unspecified atom stereocenters. The number of aldehydes is 1. The van der Waals surface area contributed by atoms with Crippen LogP contribution in [0.5, 0.6) is 0 Å². The summed E-state index contributed by atoms with van der Waals surface area (Å²) in [4.78, 5) is 10.8. The van der Waals surface area contributed by atoms with E-state index in [9.17, 15) is 4.79 Å². The molecule has 0 saturated carbocycles. The molecule has 1 aromatic rings. The molecule has 0 spiro atoms. The average molecular weight is 250 g/mol. The van der Waals surface area contributed by atoms with Crippen LogP contribution in [0.3, 0.4) is 0 Å². The number of carbonyl (C=O) groups is 1. The van der Waals surface area contributed by atoms with Crippen molar-refractivity contribution in [2.75, 3.05) is 0 Å². The molecule has 94 valence electrons. The van der Waals surface area contributed by atoms with E-state index in [-0.39, 0.29) is 11.5 Å². The van der Waals surface area contributed by atoms with Gasteiger partial charge >= 0.3 is 0 Å². The minimum Gasteiger partial charge on any atom is -0.413 e. The summed E-state index contributed by atoms with van der Waals surface area (Å²) in [5.74, 6) is 0.